The first kappa shape index (κ1) is 20.3. The van der Waals surface area contributed by atoms with E-state index < -0.39 is 11.7 Å². The molecule has 4 nitrogen and oxygen atoms in total. The Labute approximate surface area is 178 Å². The third-order valence-corrected chi connectivity index (χ3v) is 6.47. The van der Waals surface area contributed by atoms with Gasteiger partial charge in [-0.2, -0.15) is 13.2 Å². The molecule has 1 fully saturated rings. The van der Waals surface area contributed by atoms with Crippen LogP contribution in [0.1, 0.15) is 36.3 Å². The summed E-state index contributed by atoms with van der Waals surface area (Å²) < 4.78 is 54.6. The van der Waals surface area contributed by atoms with E-state index in [9.17, 15) is 17.6 Å². The summed E-state index contributed by atoms with van der Waals surface area (Å²) in [5.41, 5.74) is 2.99. The van der Waals surface area contributed by atoms with E-state index in [-0.39, 0.29) is 5.82 Å². The highest BCUT2D eigenvalue weighted by Gasteiger charge is 2.30. The fourth-order valence-corrected chi connectivity index (χ4v) is 4.82. The molecular formula is C23H24F4N4. The molecule has 0 N–H and O–H groups in total. The standard InChI is InChI=1S/C23H24F4N4/c1-15-2-3-16-12-18(24)13-20-22(16)31(15)21(28-20)14-29-8-10-30(11-9-29)19-6-4-17(5-7-19)23(25,26)27/h4-7,12-13,15H,2-3,8-11,14H2,1H3. The molecule has 1 unspecified atom stereocenters. The molecule has 3 aromatic rings. The van der Waals surface area contributed by atoms with Gasteiger partial charge < -0.3 is 9.47 Å². The minimum Gasteiger partial charge on any atom is -0.369 e. The first-order valence-electron chi connectivity index (χ1n) is 10.6. The maximum Gasteiger partial charge on any atom is 0.416 e. The number of imidazole rings is 1. The highest BCUT2D eigenvalue weighted by Crippen LogP contribution is 2.34. The molecule has 3 heterocycles. The fraction of sp³-hybridized carbons (Fsp3) is 0.435. The van der Waals surface area contributed by atoms with Gasteiger partial charge in [-0.05, 0) is 55.7 Å². The second-order valence-corrected chi connectivity index (χ2v) is 8.53. The Balaban J connectivity index is 1.30. The van der Waals surface area contributed by atoms with Crippen molar-refractivity contribution in [2.24, 2.45) is 0 Å². The maximum absolute atomic E-state index is 14.0. The SMILES string of the molecule is CC1CCc2cc(F)cc3nc(CN4CCN(c5ccc(C(F)(F)F)cc5)CC4)n1c23. The topological polar surface area (TPSA) is 24.3 Å². The zero-order valence-electron chi connectivity index (χ0n) is 17.3. The van der Waals surface area contributed by atoms with Crippen LogP contribution < -0.4 is 4.90 Å². The zero-order valence-corrected chi connectivity index (χ0v) is 17.3. The van der Waals surface area contributed by atoms with Gasteiger partial charge in [-0.1, -0.05) is 0 Å². The van der Waals surface area contributed by atoms with E-state index in [1.54, 1.807) is 18.2 Å². The molecule has 1 saturated heterocycles. The van der Waals surface area contributed by atoms with Crippen molar-refractivity contribution < 1.29 is 17.6 Å². The molecule has 8 heteroatoms. The number of benzene rings is 2. The van der Waals surface area contributed by atoms with Crippen molar-refractivity contribution in [3.8, 4) is 0 Å². The molecule has 31 heavy (non-hydrogen) atoms. The molecule has 2 aliphatic rings. The van der Waals surface area contributed by atoms with E-state index >= 15 is 0 Å². The molecule has 164 valence electrons. The normalized spacial score (nSPS) is 19.9. The number of anilines is 1. The van der Waals surface area contributed by atoms with Gasteiger partial charge in [-0.25, -0.2) is 9.37 Å². The van der Waals surface area contributed by atoms with E-state index in [2.05, 4.69) is 21.3 Å². The Hall–Kier alpha value is -2.61. The van der Waals surface area contributed by atoms with E-state index in [0.717, 1.165) is 79.3 Å². The largest absolute Gasteiger partial charge is 0.416 e. The third-order valence-electron chi connectivity index (χ3n) is 6.47. The molecule has 1 atom stereocenters. The van der Waals surface area contributed by atoms with Crippen molar-refractivity contribution in [3.05, 3.63) is 59.2 Å². The van der Waals surface area contributed by atoms with Gasteiger partial charge in [-0.15, -0.1) is 0 Å². The van der Waals surface area contributed by atoms with Crippen LogP contribution in [-0.2, 0) is 19.1 Å². The lowest BCUT2D eigenvalue weighted by molar-refractivity contribution is -0.137. The van der Waals surface area contributed by atoms with Gasteiger partial charge in [0.05, 0.1) is 23.1 Å². The van der Waals surface area contributed by atoms with E-state index in [1.165, 1.54) is 6.07 Å². The van der Waals surface area contributed by atoms with Crippen LogP contribution in [0.2, 0.25) is 0 Å². The van der Waals surface area contributed by atoms with E-state index in [4.69, 9.17) is 4.98 Å². The van der Waals surface area contributed by atoms with Gasteiger partial charge >= 0.3 is 6.18 Å². The number of hydrogen-bond acceptors (Lipinski definition) is 3. The maximum atomic E-state index is 14.0. The van der Waals surface area contributed by atoms with Gasteiger partial charge in [0.1, 0.15) is 11.6 Å². The van der Waals surface area contributed by atoms with Gasteiger partial charge in [0, 0.05) is 44.0 Å². The Bertz CT molecular complexity index is 1100. The zero-order chi connectivity index (χ0) is 21.8. The van der Waals surface area contributed by atoms with E-state index in [1.807, 2.05) is 0 Å². The molecule has 5 rings (SSSR count). The van der Waals surface area contributed by atoms with Crippen LogP contribution in [-0.4, -0.2) is 40.6 Å². The quantitative estimate of drug-likeness (QED) is 0.543. The van der Waals surface area contributed by atoms with Gasteiger partial charge in [0.15, 0.2) is 0 Å². The number of rotatable bonds is 3. The number of aryl methyl sites for hydroxylation is 1. The first-order valence-corrected chi connectivity index (χ1v) is 10.6. The van der Waals surface area contributed by atoms with Crippen LogP contribution in [0.25, 0.3) is 11.0 Å². The lowest BCUT2D eigenvalue weighted by Gasteiger charge is -2.36. The molecule has 1 aromatic heterocycles. The van der Waals surface area contributed by atoms with Crippen LogP contribution in [0, 0.1) is 5.82 Å². The summed E-state index contributed by atoms with van der Waals surface area (Å²) in [6.45, 7) is 5.92. The van der Waals surface area contributed by atoms with Crippen LogP contribution in [0.4, 0.5) is 23.2 Å². The summed E-state index contributed by atoms with van der Waals surface area (Å²) >= 11 is 0. The number of halogens is 4. The van der Waals surface area contributed by atoms with Crippen LogP contribution >= 0.6 is 0 Å². The highest BCUT2D eigenvalue weighted by molar-refractivity contribution is 5.80. The van der Waals surface area contributed by atoms with Gasteiger partial charge in [0.25, 0.3) is 0 Å². The van der Waals surface area contributed by atoms with E-state index in [0.29, 0.717) is 12.6 Å². The number of piperazine rings is 1. The Kier molecular flexibility index (Phi) is 4.92. The summed E-state index contributed by atoms with van der Waals surface area (Å²) in [6.07, 6.45) is -2.48. The summed E-state index contributed by atoms with van der Waals surface area (Å²) in [4.78, 5) is 9.18. The summed E-state index contributed by atoms with van der Waals surface area (Å²) in [5.74, 6) is 0.718. The van der Waals surface area contributed by atoms with Crippen molar-refractivity contribution in [2.75, 3.05) is 31.1 Å². The van der Waals surface area contributed by atoms with Gasteiger partial charge in [0.2, 0.25) is 0 Å². The number of hydrogen-bond donors (Lipinski definition) is 0. The first-order chi connectivity index (χ1) is 14.8. The van der Waals surface area contributed by atoms with Crippen molar-refractivity contribution in [2.45, 2.75) is 38.5 Å². The Morgan fingerprint density at radius 1 is 1.03 bits per heavy atom. The van der Waals surface area contributed by atoms with Gasteiger partial charge in [-0.3, -0.25) is 4.90 Å². The Morgan fingerprint density at radius 2 is 1.74 bits per heavy atom. The monoisotopic (exact) mass is 432 g/mol. The van der Waals surface area contributed by atoms with Crippen molar-refractivity contribution in [1.29, 1.82) is 0 Å². The minimum atomic E-state index is -4.31. The molecule has 2 aliphatic heterocycles. The van der Waals surface area contributed by atoms with Crippen LogP contribution in [0.5, 0.6) is 0 Å². The van der Waals surface area contributed by atoms with Crippen molar-refractivity contribution >= 4 is 16.7 Å². The summed E-state index contributed by atoms with van der Waals surface area (Å²) in [5, 5.41) is 0. The molecule has 2 aromatic carbocycles. The van der Waals surface area contributed by atoms with Crippen LogP contribution in [0.3, 0.4) is 0 Å². The van der Waals surface area contributed by atoms with Crippen molar-refractivity contribution in [1.82, 2.24) is 14.5 Å². The molecule has 0 saturated carbocycles. The minimum absolute atomic E-state index is 0.238. The third kappa shape index (κ3) is 3.78. The van der Waals surface area contributed by atoms with Crippen LogP contribution in [0.15, 0.2) is 36.4 Å². The number of aromatic nitrogens is 2. The second kappa shape index (κ2) is 7.51. The second-order valence-electron chi connectivity index (χ2n) is 8.53. The highest BCUT2D eigenvalue weighted by atomic mass is 19.4. The summed E-state index contributed by atoms with van der Waals surface area (Å²) in [6, 6.07) is 8.83. The molecule has 0 amide bonds. The predicted molar refractivity (Wildman–Crippen MR) is 112 cm³/mol. The number of nitrogens with zero attached hydrogens (tertiary/aromatic N) is 4. The smallest absolute Gasteiger partial charge is 0.369 e. The molecule has 0 spiro atoms. The lowest BCUT2D eigenvalue weighted by atomic mass is 10.00. The fourth-order valence-electron chi connectivity index (χ4n) is 4.82. The Morgan fingerprint density at radius 3 is 2.42 bits per heavy atom. The molecule has 0 bridgehead atoms. The predicted octanol–water partition coefficient (Wildman–Crippen LogP) is 5.02. The molecular weight excluding hydrogens is 408 g/mol. The summed E-state index contributed by atoms with van der Waals surface area (Å²) in [7, 11) is 0. The number of alkyl halides is 3. The van der Waals surface area contributed by atoms with Crippen molar-refractivity contribution in [3.63, 3.8) is 0 Å². The molecule has 0 radical (unpaired) electrons. The average Bonchev–Trinajstić information content (AvgIpc) is 3.09. The average molecular weight is 432 g/mol. The molecule has 0 aliphatic carbocycles. The lowest BCUT2D eigenvalue weighted by Crippen LogP contribution is -2.46.